The van der Waals surface area contributed by atoms with E-state index in [1.165, 1.54) is 12.1 Å². The molecule has 0 saturated heterocycles. The predicted octanol–water partition coefficient (Wildman–Crippen LogP) is 1.59. The highest BCUT2D eigenvalue weighted by Gasteiger charge is 2.17. The third-order valence-electron chi connectivity index (χ3n) is 2.83. The zero-order chi connectivity index (χ0) is 15.5. The lowest BCUT2D eigenvalue weighted by molar-refractivity contribution is 0.0660. The molecule has 112 valence electrons. The molecule has 1 aromatic heterocycles. The SMILES string of the molecule is O=C(O)c1ccc(CS(=O)(=O)Cc2ccc(CO)cc2)o1. The van der Waals surface area contributed by atoms with Crippen LogP contribution in [0.1, 0.15) is 27.4 Å². The summed E-state index contributed by atoms with van der Waals surface area (Å²) in [7, 11) is -3.47. The Labute approximate surface area is 121 Å². The Kier molecular flexibility index (Phi) is 4.44. The van der Waals surface area contributed by atoms with Crippen molar-refractivity contribution in [2.75, 3.05) is 0 Å². The molecule has 1 heterocycles. The second-order valence-electron chi connectivity index (χ2n) is 4.58. The topological polar surface area (TPSA) is 105 Å². The van der Waals surface area contributed by atoms with Gasteiger partial charge in [0.05, 0.1) is 12.4 Å². The number of aromatic carboxylic acids is 1. The third kappa shape index (κ3) is 4.17. The first-order valence-corrected chi connectivity index (χ1v) is 7.93. The highest BCUT2D eigenvalue weighted by atomic mass is 32.2. The van der Waals surface area contributed by atoms with Gasteiger partial charge in [-0.15, -0.1) is 0 Å². The Bertz CT molecular complexity index is 727. The number of carbonyl (C=O) groups is 1. The Balaban J connectivity index is 2.08. The molecule has 0 amide bonds. The number of hydrogen-bond acceptors (Lipinski definition) is 5. The average Bonchev–Trinajstić information content (AvgIpc) is 2.87. The highest BCUT2D eigenvalue weighted by Crippen LogP contribution is 2.16. The first kappa shape index (κ1) is 15.3. The van der Waals surface area contributed by atoms with Gasteiger partial charge < -0.3 is 14.6 Å². The van der Waals surface area contributed by atoms with Crippen LogP contribution in [0.5, 0.6) is 0 Å². The number of aliphatic hydroxyl groups excluding tert-OH is 1. The fourth-order valence-electron chi connectivity index (χ4n) is 1.83. The van der Waals surface area contributed by atoms with Crippen LogP contribution in [-0.2, 0) is 27.9 Å². The summed E-state index contributed by atoms with van der Waals surface area (Å²) in [4.78, 5) is 10.7. The number of carboxylic acid groups (broad SMARTS) is 1. The number of hydrogen-bond donors (Lipinski definition) is 2. The van der Waals surface area contributed by atoms with Gasteiger partial charge in [0, 0.05) is 0 Å². The summed E-state index contributed by atoms with van der Waals surface area (Å²) in [6, 6.07) is 9.14. The summed E-state index contributed by atoms with van der Waals surface area (Å²) in [5, 5.41) is 17.6. The Morgan fingerprint density at radius 3 is 2.14 bits per heavy atom. The van der Waals surface area contributed by atoms with Gasteiger partial charge in [-0.2, -0.15) is 0 Å². The van der Waals surface area contributed by atoms with Gasteiger partial charge in [-0.3, -0.25) is 0 Å². The van der Waals surface area contributed by atoms with Crippen LogP contribution in [0.4, 0.5) is 0 Å². The van der Waals surface area contributed by atoms with E-state index in [1.54, 1.807) is 24.3 Å². The monoisotopic (exact) mass is 310 g/mol. The lowest BCUT2D eigenvalue weighted by atomic mass is 10.2. The standard InChI is InChI=1S/C14H14O6S/c15-7-10-1-3-11(4-2-10)8-21(18,19)9-12-5-6-13(20-12)14(16)17/h1-6,15H,7-9H2,(H,16,17). The van der Waals surface area contributed by atoms with Crippen molar-refractivity contribution < 1.29 is 27.8 Å². The molecule has 2 N–H and O–H groups in total. The molecular formula is C14H14O6S. The molecule has 0 aliphatic heterocycles. The molecule has 1 aromatic carbocycles. The summed E-state index contributed by atoms with van der Waals surface area (Å²) in [6.07, 6.45) is 0. The molecule has 6 nitrogen and oxygen atoms in total. The van der Waals surface area contributed by atoms with Crippen molar-refractivity contribution in [1.82, 2.24) is 0 Å². The van der Waals surface area contributed by atoms with E-state index < -0.39 is 15.8 Å². The molecule has 2 rings (SSSR count). The summed E-state index contributed by atoms with van der Waals surface area (Å²) in [5.41, 5.74) is 1.30. The zero-order valence-electron chi connectivity index (χ0n) is 11.0. The number of rotatable bonds is 6. The molecule has 0 aliphatic carbocycles. The van der Waals surface area contributed by atoms with Crippen LogP contribution in [0, 0.1) is 0 Å². The van der Waals surface area contributed by atoms with E-state index in [0.717, 1.165) is 0 Å². The van der Waals surface area contributed by atoms with Crippen LogP contribution in [0.15, 0.2) is 40.8 Å². The van der Waals surface area contributed by atoms with E-state index in [9.17, 15) is 13.2 Å². The van der Waals surface area contributed by atoms with E-state index in [4.69, 9.17) is 14.6 Å². The maximum absolute atomic E-state index is 12.0. The van der Waals surface area contributed by atoms with Gasteiger partial charge in [-0.25, -0.2) is 13.2 Å². The lowest BCUT2D eigenvalue weighted by Gasteiger charge is -2.04. The minimum atomic E-state index is -3.47. The number of benzene rings is 1. The number of furan rings is 1. The number of carboxylic acids is 1. The Morgan fingerprint density at radius 2 is 1.62 bits per heavy atom. The zero-order valence-corrected chi connectivity index (χ0v) is 11.8. The first-order chi connectivity index (χ1) is 9.89. The minimum Gasteiger partial charge on any atom is -0.475 e. The number of aliphatic hydroxyl groups is 1. The largest absolute Gasteiger partial charge is 0.475 e. The van der Waals surface area contributed by atoms with Crippen molar-refractivity contribution in [3.8, 4) is 0 Å². The van der Waals surface area contributed by atoms with E-state index >= 15 is 0 Å². The lowest BCUT2D eigenvalue weighted by Crippen LogP contribution is -2.07. The third-order valence-corrected chi connectivity index (χ3v) is 4.32. The van der Waals surface area contributed by atoms with Crippen molar-refractivity contribution in [1.29, 1.82) is 0 Å². The second-order valence-corrected chi connectivity index (χ2v) is 6.64. The molecule has 2 aromatic rings. The van der Waals surface area contributed by atoms with Crippen LogP contribution in [0.2, 0.25) is 0 Å². The van der Waals surface area contributed by atoms with Crippen molar-refractivity contribution in [3.63, 3.8) is 0 Å². The second kappa shape index (κ2) is 6.11. The Hall–Kier alpha value is -2.12. The van der Waals surface area contributed by atoms with Gasteiger partial charge in [0.25, 0.3) is 0 Å². The molecule has 0 bridgehead atoms. The summed E-state index contributed by atoms with van der Waals surface area (Å²) in [6.45, 7) is -0.0998. The van der Waals surface area contributed by atoms with Crippen molar-refractivity contribution in [2.45, 2.75) is 18.1 Å². The van der Waals surface area contributed by atoms with E-state index in [1.807, 2.05) is 0 Å². The van der Waals surface area contributed by atoms with Gasteiger partial charge in [-0.1, -0.05) is 24.3 Å². The Morgan fingerprint density at radius 1 is 1.00 bits per heavy atom. The summed E-state index contributed by atoms with van der Waals surface area (Å²) >= 11 is 0. The van der Waals surface area contributed by atoms with Gasteiger partial charge in [0.2, 0.25) is 5.76 Å². The molecule has 0 atom stereocenters. The molecule has 0 radical (unpaired) electrons. The van der Waals surface area contributed by atoms with E-state index in [-0.39, 0.29) is 29.6 Å². The predicted molar refractivity (Wildman–Crippen MR) is 74.4 cm³/mol. The first-order valence-electron chi connectivity index (χ1n) is 6.11. The summed E-state index contributed by atoms with van der Waals surface area (Å²) < 4.78 is 29.0. The molecule has 0 aliphatic rings. The van der Waals surface area contributed by atoms with Gasteiger partial charge in [0.1, 0.15) is 11.5 Å². The van der Waals surface area contributed by atoms with Crippen LogP contribution in [0.3, 0.4) is 0 Å². The van der Waals surface area contributed by atoms with Gasteiger partial charge >= 0.3 is 5.97 Å². The van der Waals surface area contributed by atoms with E-state index in [0.29, 0.717) is 11.1 Å². The molecule has 0 fully saturated rings. The molecular weight excluding hydrogens is 296 g/mol. The quantitative estimate of drug-likeness (QED) is 0.839. The fourth-order valence-corrected chi connectivity index (χ4v) is 3.22. The van der Waals surface area contributed by atoms with Crippen LogP contribution < -0.4 is 0 Å². The molecule has 21 heavy (non-hydrogen) atoms. The summed E-state index contributed by atoms with van der Waals surface area (Å²) in [5.74, 6) is -1.96. The molecule has 0 unspecified atom stereocenters. The molecule has 7 heteroatoms. The molecule has 0 saturated carbocycles. The van der Waals surface area contributed by atoms with Crippen LogP contribution in [-0.4, -0.2) is 24.6 Å². The maximum Gasteiger partial charge on any atom is 0.371 e. The van der Waals surface area contributed by atoms with Gasteiger partial charge in [0.15, 0.2) is 9.84 Å². The minimum absolute atomic E-state index is 0.0966. The smallest absolute Gasteiger partial charge is 0.371 e. The van der Waals surface area contributed by atoms with Crippen LogP contribution >= 0.6 is 0 Å². The van der Waals surface area contributed by atoms with Crippen LogP contribution in [0.25, 0.3) is 0 Å². The normalized spacial score (nSPS) is 11.5. The average molecular weight is 310 g/mol. The fraction of sp³-hybridized carbons (Fsp3) is 0.214. The maximum atomic E-state index is 12.0. The van der Waals surface area contributed by atoms with Crippen molar-refractivity contribution in [2.24, 2.45) is 0 Å². The van der Waals surface area contributed by atoms with Crippen molar-refractivity contribution in [3.05, 3.63) is 59.0 Å². The van der Waals surface area contributed by atoms with E-state index in [2.05, 4.69) is 0 Å². The van der Waals surface area contributed by atoms with Gasteiger partial charge in [-0.05, 0) is 23.3 Å². The number of sulfone groups is 1. The molecule has 0 spiro atoms. The highest BCUT2D eigenvalue weighted by molar-refractivity contribution is 7.89. The van der Waals surface area contributed by atoms with Crippen molar-refractivity contribution >= 4 is 15.8 Å².